The average Bonchev–Trinajstić information content (AvgIpc) is 2.75. The summed E-state index contributed by atoms with van der Waals surface area (Å²) < 4.78 is 0. The lowest BCUT2D eigenvalue weighted by Gasteiger charge is -2.22. The summed E-state index contributed by atoms with van der Waals surface area (Å²) in [6.45, 7) is 3.99. The third kappa shape index (κ3) is 4.62. The van der Waals surface area contributed by atoms with E-state index in [0.717, 1.165) is 0 Å². The zero-order valence-electron chi connectivity index (χ0n) is 16.0. The van der Waals surface area contributed by atoms with Gasteiger partial charge in [0.05, 0.1) is 0 Å². The maximum absolute atomic E-state index is 12.6. The first-order chi connectivity index (χ1) is 13.2. The van der Waals surface area contributed by atoms with Crippen LogP contribution in [0.4, 0.5) is 0 Å². The molecule has 0 aliphatic carbocycles. The molecule has 2 unspecified atom stereocenters. The van der Waals surface area contributed by atoms with E-state index in [-0.39, 0.29) is 11.8 Å². The molecule has 0 bridgehead atoms. The highest BCUT2D eigenvalue weighted by atomic mass is 16.1. The summed E-state index contributed by atoms with van der Waals surface area (Å²) in [6, 6.07) is 31.2. The maximum Gasteiger partial charge on any atom is 0.136 e. The number of carbonyl (C=O) groups is 1. The molecule has 0 spiro atoms. The van der Waals surface area contributed by atoms with Crippen LogP contribution in [0.3, 0.4) is 0 Å². The van der Waals surface area contributed by atoms with Crippen molar-refractivity contribution < 1.29 is 4.79 Å². The molecule has 1 nitrogen and oxygen atoms in total. The summed E-state index contributed by atoms with van der Waals surface area (Å²) in [4.78, 5) is 12.6. The largest absolute Gasteiger partial charge is 0.299 e. The molecule has 0 heterocycles. The van der Waals surface area contributed by atoms with Gasteiger partial charge in [0, 0.05) is 18.3 Å². The molecule has 0 aliphatic heterocycles. The minimum Gasteiger partial charge on any atom is -0.299 e. The van der Waals surface area contributed by atoms with Crippen LogP contribution >= 0.6 is 0 Å². The molecule has 0 fully saturated rings. The van der Waals surface area contributed by atoms with Crippen molar-refractivity contribution in [1.29, 1.82) is 0 Å². The van der Waals surface area contributed by atoms with Crippen molar-refractivity contribution in [3.05, 3.63) is 114 Å². The van der Waals surface area contributed by atoms with Gasteiger partial charge in [-0.25, -0.2) is 0 Å². The van der Waals surface area contributed by atoms with Crippen LogP contribution in [-0.2, 0) is 4.79 Å². The fourth-order valence-corrected chi connectivity index (χ4v) is 3.50. The number of benzene rings is 3. The SMILES string of the molecule is CCC(=O)C(C)C(C=C(c1ccccc1)c1ccccc1)c1ccccc1. The Kier molecular flexibility index (Phi) is 6.38. The lowest BCUT2D eigenvalue weighted by atomic mass is 9.81. The summed E-state index contributed by atoms with van der Waals surface area (Å²) in [6.07, 6.45) is 2.84. The fourth-order valence-electron chi connectivity index (χ4n) is 3.50. The Bertz CT molecular complexity index is 838. The Morgan fingerprint density at radius 2 is 1.22 bits per heavy atom. The van der Waals surface area contributed by atoms with E-state index in [1.807, 2.05) is 44.2 Å². The van der Waals surface area contributed by atoms with Gasteiger partial charge in [-0.1, -0.05) is 111 Å². The van der Waals surface area contributed by atoms with Gasteiger partial charge in [-0.05, 0) is 22.3 Å². The van der Waals surface area contributed by atoms with Crippen molar-refractivity contribution >= 4 is 11.4 Å². The molecule has 3 aromatic carbocycles. The van der Waals surface area contributed by atoms with E-state index in [1.165, 1.54) is 22.3 Å². The molecule has 0 saturated carbocycles. The highest BCUT2D eigenvalue weighted by Crippen LogP contribution is 2.33. The van der Waals surface area contributed by atoms with Crippen molar-refractivity contribution in [1.82, 2.24) is 0 Å². The van der Waals surface area contributed by atoms with Gasteiger partial charge in [-0.3, -0.25) is 4.79 Å². The Hall–Kier alpha value is -2.93. The normalized spacial score (nSPS) is 12.8. The molecule has 0 saturated heterocycles. The zero-order chi connectivity index (χ0) is 19.1. The molecule has 2 atom stereocenters. The zero-order valence-corrected chi connectivity index (χ0v) is 16.0. The second-order valence-corrected chi connectivity index (χ2v) is 6.86. The van der Waals surface area contributed by atoms with Crippen LogP contribution in [0.5, 0.6) is 0 Å². The smallest absolute Gasteiger partial charge is 0.136 e. The highest BCUT2D eigenvalue weighted by molar-refractivity contribution is 5.84. The first-order valence-electron chi connectivity index (χ1n) is 9.61. The molecule has 0 amide bonds. The van der Waals surface area contributed by atoms with E-state index in [0.29, 0.717) is 12.2 Å². The van der Waals surface area contributed by atoms with Gasteiger partial charge in [-0.15, -0.1) is 0 Å². The number of ketones is 1. The standard InChI is InChI=1S/C26H26O/c1-3-26(27)20(2)24(21-13-7-4-8-14-21)19-25(22-15-9-5-10-16-22)23-17-11-6-12-18-23/h4-20,24H,3H2,1-2H3. The molecule has 0 aliphatic rings. The van der Waals surface area contributed by atoms with Crippen LogP contribution in [0.25, 0.3) is 5.57 Å². The quantitative estimate of drug-likeness (QED) is 0.472. The van der Waals surface area contributed by atoms with E-state index in [1.54, 1.807) is 0 Å². The molecule has 0 aromatic heterocycles. The number of allylic oxidation sites excluding steroid dienone is 1. The minimum absolute atomic E-state index is 0.0362. The average molecular weight is 354 g/mol. The van der Waals surface area contributed by atoms with Crippen LogP contribution in [0.1, 0.15) is 42.9 Å². The summed E-state index contributed by atoms with van der Waals surface area (Å²) in [5, 5.41) is 0. The van der Waals surface area contributed by atoms with Crippen molar-refractivity contribution in [3.63, 3.8) is 0 Å². The van der Waals surface area contributed by atoms with Crippen LogP contribution < -0.4 is 0 Å². The Balaban J connectivity index is 2.15. The number of hydrogen-bond acceptors (Lipinski definition) is 1. The Morgan fingerprint density at radius 3 is 1.67 bits per heavy atom. The molecule has 0 N–H and O–H groups in total. The van der Waals surface area contributed by atoms with Crippen molar-refractivity contribution in [2.45, 2.75) is 26.2 Å². The molecule has 1 heteroatoms. The lowest BCUT2D eigenvalue weighted by molar-refractivity contribution is -0.122. The molecule has 0 radical (unpaired) electrons. The number of carbonyl (C=O) groups excluding carboxylic acids is 1. The van der Waals surface area contributed by atoms with E-state index < -0.39 is 0 Å². The Morgan fingerprint density at radius 1 is 0.778 bits per heavy atom. The first-order valence-corrected chi connectivity index (χ1v) is 9.61. The van der Waals surface area contributed by atoms with Gasteiger partial charge in [-0.2, -0.15) is 0 Å². The highest BCUT2D eigenvalue weighted by Gasteiger charge is 2.23. The van der Waals surface area contributed by atoms with Gasteiger partial charge in [0.2, 0.25) is 0 Å². The van der Waals surface area contributed by atoms with E-state index >= 15 is 0 Å². The molecular formula is C26H26O. The molecule has 136 valence electrons. The van der Waals surface area contributed by atoms with Gasteiger partial charge in [0.25, 0.3) is 0 Å². The summed E-state index contributed by atoms with van der Waals surface area (Å²) in [7, 11) is 0. The minimum atomic E-state index is -0.0696. The molecule has 3 aromatic rings. The number of Topliss-reactive ketones (excluding diaryl/α,β-unsaturated/α-hetero) is 1. The maximum atomic E-state index is 12.6. The predicted molar refractivity (Wildman–Crippen MR) is 114 cm³/mol. The van der Waals surface area contributed by atoms with Crippen molar-refractivity contribution in [3.8, 4) is 0 Å². The van der Waals surface area contributed by atoms with Gasteiger partial charge in [0.15, 0.2) is 0 Å². The second-order valence-electron chi connectivity index (χ2n) is 6.86. The third-order valence-electron chi connectivity index (χ3n) is 5.10. The molecule has 27 heavy (non-hydrogen) atoms. The molecule has 3 rings (SSSR count). The van der Waals surface area contributed by atoms with Gasteiger partial charge < -0.3 is 0 Å². The van der Waals surface area contributed by atoms with E-state index in [4.69, 9.17) is 0 Å². The van der Waals surface area contributed by atoms with Crippen LogP contribution in [0, 0.1) is 5.92 Å². The summed E-state index contributed by atoms with van der Waals surface area (Å²) >= 11 is 0. The van der Waals surface area contributed by atoms with Gasteiger partial charge in [0.1, 0.15) is 5.78 Å². The van der Waals surface area contributed by atoms with Gasteiger partial charge >= 0.3 is 0 Å². The topological polar surface area (TPSA) is 17.1 Å². The number of rotatable bonds is 7. The van der Waals surface area contributed by atoms with E-state index in [2.05, 4.69) is 66.7 Å². The monoisotopic (exact) mass is 354 g/mol. The predicted octanol–water partition coefficient (Wildman–Crippen LogP) is 6.52. The van der Waals surface area contributed by atoms with Crippen LogP contribution in [-0.4, -0.2) is 5.78 Å². The van der Waals surface area contributed by atoms with E-state index in [9.17, 15) is 4.79 Å². The third-order valence-corrected chi connectivity index (χ3v) is 5.10. The van der Waals surface area contributed by atoms with Crippen molar-refractivity contribution in [2.24, 2.45) is 5.92 Å². The molecular weight excluding hydrogens is 328 g/mol. The fraction of sp³-hybridized carbons (Fsp3) is 0.192. The summed E-state index contributed by atoms with van der Waals surface area (Å²) in [5.41, 5.74) is 4.68. The van der Waals surface area contributed by atoms with Crippen LogP contribution in [0.2, 0.25) is 0 Å². The first kappa shape index (κ1) is 18.8. The number of hydrogen-bond donors (Lipinski definition) is 0. The van der Waals surface area contributed by atoms with Crippen LogP contribution in [0.15, 0.2) is 97.1 Å². The van der Waals surface area contributed by atoms with Crippen molar-refractivity contribution in [2.75, 3.05) is 0 Å². The lowest BCUT2D eigenvalue weighted by Crippen LogP contribution is -2.18. The summed E-state index contributed by atoms with van der Waals surface area (Å²) in [5.74, 6) is 0.259. The Labute approximate surface area is 162 Å². The second kappa shape index (κ2) is 9.14.